The monoisotopic (exact) mass is 344 g/mol. The number of nitrogens with zero attached hydrogens (tertiary/aromatic N) is 4. The van der Waals surface area contributed by atoms with Gasteiger partial charge in [-0.3, -0.25) is 4.79 Å². The van der Waals surface area contributed by atoms with E-state index in [0.29, 0.717) is 13.1 Å². The Bertz CT molecular complexity index is 793. The summed E-state index contributed by atoms with van der Waals surface area (Å²) < 4.78 is 15.2. The highest BCUT2D eigenvalue weighted by molar-refractivity contribution is 5.79. The quantitative estimate of drug-likeness (QED) is 0.856. The SMILES string of the molecule is Cc1c(-c2ccc(F)cc2)nc2n1CC(=O)N(CCN(C)C)C2(C)C. The number of aromatic nitrogens is 2. The lowest BCUT2D eigenvalue weighted by Crippen LogP contribution is -2.54. The van der Waals surface area contributed by atoms with Crippen molar-refractivity contribution in [3.63, 3.8) is 0 Å². The zero-order valence-electron chi connectivity index (χ0n) is 15.5. The minimum Gasteiger partial charge on any atom is -0.328 e. The Kier molecular flexibility index (Phi) is 4.41. The van der Waals surface area contributed by atoms with Crippen LogP contribution in [0.5, 0.6) is 0 Å². The van der Waals surface area contributed by atoms with Gasteiger partial charge >= 0.3 is 0 Å². The molecule has 1 aromatic carbocycles. The number of fused-ring (bicyclic) bond motifs is 1. The average Bonchev–Trinajstić information content (AvgIpc) is 2.85. The minimum atomic E-state index is -0.492. The number of carbonyl (C=O) groups excluding carboxylic acids is 1. The third-order valence-corrected chi connectivity index (χ3v) is 4.93. The Morgan fingerprint density at radius 1 is 1.24 bits per heavy atom. The van der Waals surface area contributed by atoms with Gasteiger partial charge in [0.15, 0.2) is 0 Å². The molecule has 1 aliphatic heterocycles. The van der Waals surface area contributed by atoms with Crippen molar-refractivity contribution in [3.8, 4) is 11.3 Å². The number of hydrogen-bond donors (Lipinski definition) is 0. The molecule has 6 heteroatoms. The maximum absolute atomic E-state index is 13.2. The van der Waals surface area contributed by atoms with Crippen LogP contribution in [0.2, 0.25) is 0 Å². The van der Waals surface area contributed by atoms with Gasteiger partial charge in [-0.2, -0.15) is 0 Å². The number of hydrogen-bond acceptors (Lipinski definition) is 3. The fourth-order valence-corrected chi connectivity index (χ4v) is 3.43. The highest BCUT2D eigenvalue weighted by Gasteiger charge is 2.41. The first-order valence-corrected chi connectivity index (χ1v) is 8.50. The number of likely N-dealkylation sites (N-methyl/N-ethyl adjacent to an activating group) is 1. The maximum atomic E-state index is 13.2. The zero-order valence-corrected chi connectivity index (χ0v) is 15.5. The number of carbonyl (C=O) groups is 1. The predicted molar refractivity (Wildman–Crippen MR) is 95.7 cm³/mol. The molecule has 1 aliphatic rings. The van der Waals surface area contributed by atoms with E-state index in [1.165, 1.54) is 12.1 Å². The summed E-state index contributed by atoms with van der Waals surface area (Å²) in [5.41, 5.74) is 2.12. The van der Waals surface area contributed by atoms with Crippen LogP contribution < -0.4 is 0 Å². The summed E-state index contributed by atoms with van der Waals surface area (Å²) in [5, 5.41) is 0. The summed E-state index contributed by atoms with van der Waals surface area (Å²) in [4.78, 5) is 21.6. The summed E-state index contributed by atoms with van der Waals surface area (Å²) in [6, 6.07) is 6.34. The molecule has 0 N–H and O–H groups in total. The van der Waals surface area contributed by atoms with Gasteiger partial charge in [0, 0.05) is 24.3 Å². The highest BCUT2D eigenvalue weighted by Crippen LogP contribution is 2.35. The van der Waals surface area contributed by atoms with Gasteiger partial charge in [0.05, 0.1) is 11.2 Å². The molecule has 0 aliphatic carbocycles. The van der Waals surface area contributed by atoms with E-state index in [4.69, 9.17) is 4.98 Å². The van der Waals surface area contributed by atoms with Crippen LogP contribution in [0.1, 0.15) is 25.4 Å². The highest BCUT2D eigenvalue weighted by atomic mass is 19.1. The van der Waals surface area contributed by atoms with Crippen LogP contribution >= 0.6 is 0 Å². The van der Waals surface area contributed by atoms with Crippen molar-refractivity contribution in [1.82, 2.24) is 19.4 Å². The predicted octanol–water partition coefficient (Wildman–Crippen LogP) is 2.64. The molecule has 0 spiro atoms. The van der Waals surface area contributed by atoms with Gasteiger partial charge in [-0.15, -0.1) is 0 Å². The first kappa shape index (κ1) is 17.6. The minimum absolute atomic E-state index is 0.102. The molecule has 1 amide bonds. The first-order chi connectivity index (χ1) is 11.7. The van der Waals surface area contributed by atoms with Gasteiger partial charge in [-0.05, 0) is 59.1 Å². The van der Waals surface area contributed by atoms with Crippen molar-refractivity contribution >= 4 is 5.91 Å². The lowest BCUT2D eigenvalue weighted by Gasteiger charge is -2.42. The molecule has 0 atom stereocenters. The molecule has 25 heavy (non-hydrogen) atoms. The van der Waals surface area contributed by atoms with Gasteiger partial charge in [-0.25, -0.2) is 9.37 Å². The third-order valence-electron chi connectivity index (χ3n) is 4.93. The molecule has 2 heterocycles. The molecule has 5 nitrogen and oxygen atoms in total. The number of halogens is 1. The van der Waals surface area contributed by atoms with E-state index < -0.39 is 5.54 Å². The molecular formula is C19H25FN4O. The summed E-state index contributed by atoms with van der Waals surface area (Å²) in [7, 11) is 4.00. The van der Waals surface area contributed by atoms with E-state index in [1.807, 2.05) is 44.3 Å². The second-order valence-corrected chi connectivity index (χ2v) is 7.37. The normalized spacial score (nSPS) is 16.4. The van der Waals surface area contributed by atoms with Crippen LogP contribution in [0.4, 0.5) is 4.39 Å². The number of imidazole rings is 1. The fraction of sp³-hybridized carbons (Fsp3) is 0.474. The Morgan fingerprint density at radius 3 is 2.48 bits per heavy atom. The molecule has 0 unspecified atom stereocenters. The van der Waals surface area contributed by atoms with E-state index in [0.717, 1.165) is 29.3 Å². The molecule has 0 bridgehead atoms. The second kappa shape index (κ2) is 6.26. The molecule has 1 aromatic heterocycles. The summed E-state index contributed by atoms with van der Waals surface area (Å²) in [6.45, 7) is 7.80. The molecule has 134 valence electrons. The largest absolute Gasteiger partial charge is 0.328 e. The average molecular weight is 344 g/mol. The zero-order chi connectivity index (χ0) is 18.4. The van der Waals surface area contributed by atoms with E-state index in [-0.39, 0.29) is 11.7 Å². The van der Waals surface area contributed by atoms with E-state index in [2.05, 4.69) is 4.90 Å². The van der Waals surface area contributed by atoms with Crippen LogP contribution in [0.3, 0.4) is 0 Å². The lowest BCUT2D eigenvalue weighted by molar-refractivity contribution is -0.141. The molecule has 3 rings (SSSR count). The standard InChI is InChI=1S/C19H25FN4O/c1-13-17(14-6-8-15(20)9-7-14)21-18-19(2,3)24(11-10-22(4)5)16(25)12-23(13)18/h6-9H,10-12H2,1-5H3. The molecule has 0 saturated heterocycles. The van der Waals surface area contributed by atoms with E-state index in [9.17, 15) is 9.18 Å². The van der Waals surface area contributed by atoms with Crippen LogP contribution in [0.15, 0.2) is 24.3 Å². The Hall–Kier alpha value is -2.21. The molecule has 0 radical (unpaired) electrons. The van der Waals surface area contributed by atoms with Gasteiger partial charge < -0.3 is 14.4 Å². The number of rotatable bonds is 4. The summed E-state index contributed by atoms with van der Waals surface area (Å²) in [6.07, 6.45) is 0. The van der Waals surface area contributed by atoms with E-state index in [1.54, 1.807) is 12.1 Å². The van der Waals surface area contributed by atoms with Gasteiger partial charge in [0.25, 0.3) is 0 Å². The number of benzene rings is 1. The van der Waals surface area contributed by atoms with Crippen molar-refractivity contribution in [3.05, 3.63) is 41.6 Å². The van der Waals surface area contributed by atoms with Crippen LogP contribution in [-0.4, -0.2) is 52.4 Å². The third kappa shape index (κ3) is 3.06. The first-order valence-electron chi connectivity index (χ1n) is 8.50. The smallest absolute Gasteiger partial charge is 0.243 e. The van der Waals surface area contributed by atoms with Gasteiger partial charge in [0.2, 0.25) is 5.91 Å². The number of amides is 1. The molecule has 0 fully saturated rings. The van der Waals surface area contributed by atoms with Crippen molar-refractivity contribution in [2.24, 2.45) is 0 Å². The summed E-state index contributed by atoms with van der Waals surface area (Å²) in [5.74, 6) is 0.712. The van der Waals surface area contributed by atoms with Crippen LogP contribution in [0.25, 0.3) is 11.3 Å². The Labute approximate surface area is 148 Å². The molecule has 0 saturated carbocycles. The van der Waals surface area contributed by atoms with Crippen LogP contribution in [-0.2, 0) is 16.9 Å². The topological polar surface area (TPSA) is 41.4 Å². The van der Waals surface area contributed by atoms with Crippen molar-refractivity contribution < 1.29 is 9.18 Å². The van der Waals surface area contributed by atoms with Crippen molar-refractivity contribution in [1.29, 1.82) is 0 Å². The van der Waals surface area contributed by atoms with E-state index >= 15 is 0 Å². The Balaban J connectivity index is 2.03. The lowest BCUT2D eigenvalue weighted by atomic mass is 9.98. The second-order valence-electron chi connectivity index (χ2n) is 7.37. The summed E-state index contributed by atoms with van der Waals surface area (Å²) >= 11 is 0. The fourth-order valence-electron chi connectivity index (χ4n) is 3.43. The van der Waals surface area contributed by atoms with Crippen molar-refractivity contribution in [2.75, 3.05) is 27.2 Å². The molecular weight excluding hydrogens is 319 g/mol. The Morgan fingerprint density at radius 2 is 1.88 bits per heavy atom. The van der Waals surface area contributed by atoms with Gasteiger partial charge in [-0.1, -0.05) is 0 Å². The maximum Gasteiger partial charge on any atom is 0.243 e. The van der Waals surface area contributed by atoms with Crippen LogP contribution in [0, 0.1) is 12.7 Å². The van der Waals surface area contributed by atoms with Crippen molar-refractivity contribution in [2.45, 2.75) is 32.9 Å². The van der Waals surface area contributed by atoms with Gasteiger partial charge in [0.1, 0.15) is 18.2 Å². The molecule has 2 aromatic rings.